The minimum atomic E-state index is -1.01. The van der Waals surface area contributed by atoms with Crippen LogP contribution in [-0.2, 0) is 10.2 Å². The molecule has 0 radical (unpaired) electrons. The standard InChI is InChI=1S/C26H25NO5.H2/c1-16-4-8-19(15-22(16)21-11-5-17(24(28)29)14-23(21)32-3)27-25(30)26(12-13-26)18-6-9-20(31-2)10-7-18;/h4-11,14-15H,12-13H2,1-3H3,(H,27,30)(H,28,29);1H. The topological polar surface area (TPSA) is 84.9 Å². The molecule has 1 saturated carbocycles. The van der Waals surface area contributed by atoms with Crippen LogP contribution in [0.3, 0.4) is 0 Å². The molecule has 1 fully saturated rings. The molecule has 6 heteroatoms. The zero-order valence-corrected chi connectivity index (χ0v) is 18.3. The number of carbonyl (C=O) groups is 2. The van der Waals surface area contributed by atoms with Crippen LogP contribution in [0.1, 0.15) is 35.8 Å². The van der Waals surface area contributed by atoms with Crippen molar-refractivity contribution in [1.82, 2.24) is 0 Å². The molecule has 0 aromatic heterocycles. The molecule has 0 atom stereocenters. The van der Waals surface area contributed by atoms with Gasteiger partial charge in [0.05, 0.1) is 25.2 Å². The summed E-state index contributed by atoms with van der Waals surface area (Å²) in [5.74, 6) is 0.177. The van der Waals surface area contributed by atoms with E-state index >= 15 is 0 Å². The first kappa shape index (κ1) is 21.4. The highest BCUT2D eigenvalue weighted by atomic mass is 16.5. The lowest BCUT2D eigenvalue weighted by molar-refractivity contribution is -0.118. The fourth-order valence-corrected chi connectivity index (χ4v) is 3.97. The van der Waals surface area contributed by atoms with E-state index in [1.165, 1.54) is 13.2 Å². The number of nitrogens with one attached hydrogen (secondary N) is 1. The van der Waals surface area contributed by atoms with E-state index < -0.39 is 11.4 Å². The Morgan fingerprint density at radius 3 is 2.25 bits per heavy atom. The molecule has 32 heavy (non-hydrogen) atoms. The number of benzene rings is 3. The Morgan fingerprint density at radius 1 is 0.938 bits per heavy atom. The highest BCUT2D eigenvalue weighted by Crippen LogP contribution is 2.49. The van der Waals surface area contributed by atoms with E-state index in [0.29, 0.717) is 11.4 Å². The average molecular weight is 434 g/mol. The maximum atomic E-state index is 13.2. The van der Waals surface area contributed by atoms with Crippen molar-refractivity contribution in [3.8, 4) is 22.6 Å². The van der Waals surface area contributed by atoms with Crippen LogP contribution in [0.4, 0.5) is 5.69 Å². The van der Waals surface area contributed by atoms with E-state index in [0.717, 1.165) is 40.8 Å². The Kier molecular flexibility index (Phi) is 5.61. The van der Waals surface area contributed by atoms with Gasteiger partial charge in [-0.2, -0.15) is 0 Å². The lowest BCUT2D eigenvalue weighted by Gasteiger charge is -2.18. The van der Waals surface area contributed by atoms with Gasteiger partial charge in [0.15, 0.2) is 0 Å². The summed E-state index contributed by atoms with van der Waals surface area (Å²) in [7, 11) is 3.13. The molecule has 0 spiro atoms. The lowest BCUT2D eigenvalue weighted by atomic mass is 9.94. The Balaban J connectivity index is 0.00000306. The monoisotopic (exact) mass is 433 g/mol. The molecular weight excluding hydrogens is 406 g/mol. The second-order valence-corrected chi connectivity index (χ2v) is 8.01. The van der Waals surface area contributed by atoms with Crippen molar-refractivity contribution >= 4 is 17.6 Å². The van der Waals surface area contributed by atoms with Gasteiger partial charge in [-0.05, 0) is 78.9 Å². The summed E-state index contributed by atoms with van der Waals surface area (Å²) in [6, 6.07) is 18.1. The van der Waals surface area contributed by atoms with Crippen molar-refractivity contribution in [3.05, 3.63) is 77.4 Å². The molecule has 0 unspecified atom stereocenters. The molecule has 2 N–H and O–H groups in total. The van der Waals surface area contributed by atoms with Crippen LogP contribution in [0.5, 0.6) is 11.5 Å². The Hall–Kier alpha value is -3.80. The third kappa shape index (κ3) is 3.91. The molecule has 4 rings (SSSR count). The maximum Gasteiger partial charge on any atom is 0.335 e. The Morgan fingerprint density at radius 2 is 1.66 bits per heavy atom. The predicted molar refractivity (Wildman–Crippen MR) is 125 cm³/mol. The fourth-order valence-electron chi connectivity index (χ4n) is 3.97. The highest BCUT2D eigenvalue weighted by Gasteiger charge is 2.51. The van der Waals surface area contributed by atoms with E-state index in [4.69, 9.17) is 9.47 Å². The van der Waals surface area contributed by atoms with E-state index in [2.05, 4.69) is 5.32 Å². The van der Waals surface area contributed by atoms with Crippen LogP contribution in [0, 0.1) is 6.92 Å². The molecule has 1 aliphatic rings. The number of carboxylic acid groups (broad SMARTS) is 1. The molecule has 0 saturated heterocycles. The van der Waals surface area contributed by atoms with Gasteiger partial charge >= 0.3 is 5.97 Å². The predicted octanol–water partition coefficient (Wildman–Crippen LogP) is 5.29. The number of amides is 1. The van der Waals surface area contributed by atoms with Gasteiger partial charge in [0.2, 0.25) is 5.91 Å². The van der Waals surface area contributed by atoms with Gasteiger partial charge in [-0.15, -0.1) is 0 Å². The Bertz CT molecular complexity index is 1190. The largest absolute Gasteiger partial charge is 0.497 e. The van der Waals surface area contributed by atoms with Crippen LogP contribution in [0.2, 0.25) is 0 Å². The average Bonchev–Trinajstić information content (AvgIpc) is 3.62. The van der Waals surface area contributed by atoms with E-state index in [9.17, 15) is 14.7 Å². The summed E-state index contributed by atoms with van der Waals surface area (Å²) < 4.78 is 10.7. The minimum absolute atomic E-state index is 0. The summed E-state index contributed by atoms with van der Waals surface area (Å²) in [4.78, 5) is 24.5. The summed E-state index contributed by atoms with van der Waals surface area (Å²) >= 11 is 0. The third-order valence-corrected chi connectivity index (χ3v) is 6.06. The van der Waals surface area contributed by atoms with E-state index in [1.54, 1.807) is 19.2 Å². The number of hydrogen-bond donors (Lipinski definition) is 2. The van der Waals surface area contributed by atoms with Crippen LogP contribution in [0.25, 0.3) is 11.1 Å². The molecule has 6 nitrogen and oxygen atoms in total. The number of hydrogen-bond acceptors (Lipinski definition) is 4. The number of aromatic carboxylic acids is 1. The zero-order valence-electron chi connectivity index (χ0n) is 18.3. The summed E-state index contributed by atoms with van der Waals surface area (Å²) in [5.41, 5.74) is 3.92. The number of methoxy groups -OCH3 is 2. The molecule has 0 aliphatic heterocycles. The smallest absolute Gasteiger partial charge is 0.335 e. The summed E-state index contributed by atoms with van der Waals surface area (Å²) in [6.45, 7) is 1.96. The van der Waals surface area contributed by atoms with Crippen LogP contribution in [-0.4, -0.2) is 31.2 Å². The molecule has 3 aromatic carbocycles. The number of rotatable bonds is 7. The van der Waals surface area contributed by atoms with Crippen LogP contribution in [0.15, 0.2) is 60.7 Å². The summed E-state index contributed by atoms with van der Waals surface area (Å²) in [5, 5.41) is 12.3. The molecule has 166 valence electrons. The number of ether oxygens (including phenoxy) is 2. The van der Waals surface area contributed by atoms with Crippen LogP contribution >= 0.6 is 0 Å². The minimum Gasteiger partial charge on any atom is -0.497 e. The first-order chi connectivity index (χ1) is 15.4. The second kappa shape index (κ2) is 8.38. The normalized spacial score (nSPS) is 13.8. The first-order valence-electron chi connectivity index (χ1n) is 10.4. The van der Waals surface area contributed by atoms with Gasteiger partial charge in [0, 0.05) is 12.7 Å². The van der Waals surface area contributed by atoms with Gasteiger partial charge in [0.1, 0.15) is 11.5 Å². The zero-order chi connectivity index (χ0) is 22.9. The third-order valence-electron chi connectivity index (χ3n) is 6.06. The Labute approximate surface area is 188 Å². The van der Waals surface area contributed by atoms with Crippen molar-refractivity contribution in [2.24, 2.45) is 0 Å². The number of anilines is 1. The van der Waals surface area contributed by atoms with Gasteiger partial charge in [-0.25, -0.2) is 4.79 Å². The molecule has 0 heterocycles. The molecular formula is C26H27NO5. The number of carbonyl (C=O) groups excluding carboxylic acids is 1. The molecule has 1 amide bonds. The molecule has 3 aromatic rings. The van der Waals surface area contributed by atoms with E-state index in [1.807, 2.05) is 49.4 Å². The first-order valence-corrected chi connectivity index (χ1v) is 10.4. The maximum absolute atomic E-state index is 13.2. The van der Waals surface area contributed by atoms with Gasteiger partial charge in [-0.1, -0.05) is 18.2 Å². The summed E-state index contributed by atoms with van der Waals surface area (Å²) in [6.07, 6.45) is 1.60. The molecule has 0 bridgehead atoms. The SMILES string of the molecule is COc1ccc(C2(C(=O)Nc3ccc(C)c(-c4ccc(C(=O)O)cc4OC)c3)CC2)cc1.[HH]. The van der Waals surface area contributed by atoms with Gasteiger partial charge in [0.25, 0.3) is 0 Å². The number of aryl methyl sites for hydroxylation is 1. The van der Waals surface area contributed by atoms with Crippen molar-refractivity contribution in [3.63, 3.8) is 0 Å². The van der Waals surface area contributed by atoms with Crippen molar-refractivity contribution in [1.29, 1.82) is 0 Å². The molecule has 1 aliphatic carbocycles. The lowest BCUT2D eigenvalue weighted by Crippen LogP contribution is -2.27. The van der Waals surface area contributed by atoms with Crippen molar-refractivity contribution < 1.29 is 25.6 Å². The van der Waals surface area contributed by atoms with Gasteiger partial charge < -0.3 is 19.9 Å². The van der Waals surface area contributed by atoms with Crippen LogP contribution < -0.4 is 14.8 Å². The van der Waals surface area contributed by atoms with Crippen molar-refractivity contribution in [2.75, 3.05) is 19.5 Å². The highest BCUT2D eigenvalue weighted by molar-refractivity contribution is 6.02. The second-order valence-electron chi connectivity index (χ2n) is 8.01. The van der Waals surface area contributed by atoms with Gasteiger partial charge in [-0.3, -0.25) is 4.79 Å². The fraction of sp³-hybridized carbons (Fsp3) is 0.231. The number of carboxylic acids is 1. The van der Waals surface area contributed by atoms with E-state index in [-0.39, 0.29) is 12.9 Å². The van der Waals surface area contributed by atoms with Crippen molar-refractivity contribution in [2.45, 2.75) is 25.2 Å². The quantitative estimate of drug-likeness (QED) is 0.529.